The minimum Gasteiger partial charge on any atom is -0.479 e. The fourth-order valence-corrected chi connectivity index (χ4v) is 3.46. The van der Waals surface area contributed by atoms with Crippen LogP contribution in [-0.2, 0) is 19.2 Å². The second kappa shape index (κ2) is 10.5. The van der Waals surface area contributed by atoms with Crippen LogP contribution in [0.3, 0.4) is 0 Å². The number of hydrogen-bond acceptors (Lipinski definition) is 5. The van der Waals surface area contributed by atoms with E-state index in [-0.39, 0.29) is 18.9 Å². The maximum Gasteiger partial charge on any atom is 0.407 e. The van der Waals surface area contributed by atoms with Crippen molar-refractivity contribution in [3.8, 4) is 23.0 Å². The number of carbonyl (C=O) groups is 3. The summed E-state index contributed by atoms with van der Waals surface area (Å²) >= 11 is 0. The van der Waals surface area contributed by atoms with Gasteiger partial charge in [0, 0.05) is 12.3 Å². The largest absolute Gasteiger partial charge is 0.479 e. The summed E-state index contributed by atoms with van der Waals surface area (Å²) in [6, 6.07) is 14.9. The van der Waals surface area contributed by atoms with Crippen molar-refractivity contribution >= 4 is 18.0 Å². The fourth-order valence-electron chi connectivity index (χ4n) is 3.46. The van der Waals surface area contributed by atoms with Gasteiger partial charge in [0.15, 0.2) is 6.10 Å². The van der Waals surface area contributed by atoms with Gasteiger partial charge in [0.05, 0.1) is 0 Å². The first kappa shape index (κ1) is 22.8. The molecule has 0 spiro atoms. The van der Waals surface area contributed by atoms with Crippen molar-refractivity contribution in [1.82, 2.24) is 10.8 Å². The van der Waals surface area contributed by atoms with E-state index >= 15 is 0 Å². The number of fused-ring (bicyclic) bond motifs is 3. The summed E-state index contributed by atoms with van der Waals surface area (Å²) in [5.41, 5.74) is 6.41. The van der Waals surface area contributed by atoms with E-state index in [1.54, 1.807) is 6.92 Å². The molecule has 2 amide bonds. The molecule has 8 heteroatoms. The first-order valence-electron chi connectivity index (χ1n) is 10.1. The molecule has 0 bridgehead atoms. The Morgan fingerprint density at radius 3 is 2.22 bits per heavy atom. The molecule has 0 aromatic heterocycles. The Kier molecular flexibility index (Phi) is 7.47. The summed E-state index contributed by atoms with van der Waals surface area (Å²) in [7, 11) is 0. The average molecular weight is 436 g/mol. The van der Waals surface area contributed by atoms with Crippen molar-refractivity contribution in [3.05, 3.63) is 59.7 Å². The number of hydroxylamine groups is 1. The Balaban J connectivity index is 1.63. The zero-order valence-electron chi connectivity index (χ0n) is 17.8. The number of alkyl carbamates (subject to hydrolysis) is 1. The molecule has 3 N–H and O–H groups in total. The van der Waals surface area contributed by atoms with Gasteiger partial charge in [-0.05, 0) is 36.1 Å². The summed E-state index contributed by atoms with van der Waals surface area (Å²) in [5, 5.41) is 11.3. The summed E-state index contributed by atoms with van der Waals surface area (Å²) in [6.45, 7) is 2.97. The molecule has 0 radical (unpaired) electrons. The number of aliphatic carboxylic acids is 1. The van der Waals surface area contributed by atoms with Crippen LogP contribution in [0.5, 0.6) is 0 Å². The van der Waals surface area contributed by atoms with Gasteiger partial charge in [-0.1, -0.05) is 48.5 Å². The highest BCUT2D eigenvalue weighted by Gasteiger charge is 2.30. The predicted molar refractivity (Wildman–Crippen MR) is 116 cm³/mol. The quantitative estimate of drug-likeness (QED) is 0.433. The standard InChI is InChI=1S/C24H24N2O6/c1-3-4-13-21(22(27)26-32-15(2)23(28)29)25-24(30)31-14-20-18-11-7-5-9-16(18)17-10-6-8-12-19(17)20/h5-12,15,20-21H,13-14H2,1-2H3,(H,25,30)(H,26,27)(H,28,29). The molecular weight excluding hydrogens is 412 g/mol. The highest BCUT2D eigenvalue weighted by molar-refractivity contribution is 5.85. The van der Waals surface area contributed by atoms with Gasteiger partial charge in [-0.15, -0.1) is 11.8 Å². The number of rotatable bonds is 8. The topological polar surface area (TPSA) is 114 Å². The highest BCUT2D eigenvalue weighted by atomic mass is 16.7. The number of carbonyl (C=O) groups excluding carboxylic acids is 2. The van der Waals surface area contributed by atoms with Crippen molar-refractivity contribution in [2.75, 3.05) is 6.61 Å². The normalized spacial score (nSPS) is 13.6. The van der Waals surface area contributed by atoms with Crippen LogP contribution in [0.25, 0.3) is 11.1 Å². The third kappa shape index (κ3) is 5.25. The Bertz CT molecular complexity index is 1030. The van der Waals surface area contributed by atoms with E-state index in [0.29, 0.717) is 0 Å². The van der Waals surface area contributed by atoms with Crippen LogP contribution >= 0.6 is 0 Å². The molecule has 2 aromatic rings. The third-order valence-electron chi connectivity index (χ3n) is 5.12. The lowest BCUT2D eigenvalue weighted by Crippen LogP contribution is -2.48. The van der Waals surface area contributed by atoms with Crippen LogP contribution in [0.1, 0.15) is 37.3 Å². The molecule has 0 fully saturated rings. The van der Waals surface area contributed by atoms with Crippen LogP contribution in [0.15, 0.2) is 48.5 Å². The van der Waals surface area contributed by atoms with Gasteiger partial charge in [0.2, 0.25) is 0 Å². The van der Waals surface area contributed by atoms with Gasteiger partial charge in [-0.25, -0.2) is 15.1 Å². The Morgan fingerprint density at radius 1 is 1.06 bits per heavy atom. The maximum absolute atomic E-state index is 12.5. The number of hydrogen-bond donors (Lipinski definition) is 3. The van der Waals surface area contributed by atoms with Crippen LogP contribution in [0.2, 0.25) is 0 Å². The Morgan fingerprint density at radius 2 is 1.66 bits per heavy atom. The van der Waals surface area contributed by atoms with Gasteiger partial charge >= 0.3 is 12.1 Å². The highest BCUT2D eigenvalue weighted by Crippen LogP contribution is 2.44. The third-order valence-corrected chi connectivity index (χ3v) is 5.12. The molecule has 2 aromatic carbocycles. The van der Waals surface area contributed by atoms with Gasteiger partial charge in [-0.2, -0.15) is 0 Å². The molecule has 1 aliphatic rings. The molecule has 0 saturated heterocycles. The van der Waals surface area contributed by atoms with Crippen molar-refractivity contribution < 1.29 is 29.1 Å². The van der Waals surface area contributed by atoms with E-state index in [2.05, 4.69) is 17.2 Å². The minimum atomic E-state index is -1.24. The summed E-state index contributed by atoms with van der Waals surface area (Å²) in [4.78, 5) is 40.4. The van der Waals surface area contributed by atoms with E-state index in [1.165, 1.54) is 6.92 Å². The first-order chi connectivity index (χ1) is 15.4. The monoisotopic (exact) mass is 436 g/mol. The first-order valence-corrected chi connectivity index (χ1v) is 10.1. The zero-order valence-corrected chi connectivity index (χ0v) is 17.8. The number of benzene rings is 2. The minimum absolute atomic E-state index is 0.0113. The molecule has 3 rings (SSSR count). The number of carboxylic acids is 1. The van der Waals surface area contributed by atoms with Gasteiger partial charge < -0.3 is 15.2 Å². The lowest BCUT2D eigenvalue weighted by Gasteiger charge is -2.19. The van der Waals surface area contributed by atoms with Crippen molar-refractivity contribution in [2.45, 2.75) is 38.3 Å². The molecular formula is C24H24N2O6. The molecule has 2 unspecified atom stereocenters. The van der Waals surface area contributed by atoms with Crippen LogP contribution in [-0.4, -0.2) is 41.8 Å². The van der Waals surface area contributed by atoms with Crippen molar-refractivity contribution in [3.63, 3.8) is 0 Å². The molecule has 1 aliphatic carbocycles. The average Bonchev–Trinajstić information content (AvgIpc) is 3.12. The number of nitrogens with one attached hydrogen (secondary N) is 2. The smallest absolute Gasteiger partial charge is 0.407 e. The fraction of sp³-hybridized carbons (Fsp3) is 0.292. The molecule has 32 heavy (non-hydrogen) atoms. The summed E-state index contributed by atoms with van der Waals surface area (Å²) < 4.78 is 5.45. The van der Waals surface area contributed by atoms with Gasteiger partial charge in [0.1, 0.15) is 12.6 Å². The Labute approximate surface area is 185 Å². The second-order valence-corrected chi connectivity index (χ2v) is 7.22. The van der Waals surface area contributed by atoms with E-state index in [4.69, 9.17) is 14.7 Å². The molecule has 166 valence electrons. The molecule has 0 saturated carbocycles. The zero-order chi connectivity index (χ0) is 23.1. The molecule has 0 heterocycles. The van der Waals surface area contributed by atoms with Crippen molar-refractivity contribution in [2.24, 2.45) is 0 Å². The molecule has 0 aliphatic heterocycles. The van der Waals surface area contributed by atoms with Crippen LogP contribution in [0.4, 0.5) is 4.79 Å². The van der Waals surface area contributed by atoms with E-state index in [9.17, 15) is 14.4 Å². The number of carboxylic acid groups (broad SMARTS) is 1. The maximum atomic E-state index is 12.5. The lowest BCUT2D eigenvalue weighted by molar-refractivity contribution is -0.159. The van der Waals surface area contributed by atoms with Crippen LogP contribution in [0, 0.1) is 11.8 Å². The molecule has 8 nitrogen and oxygen atoms in total. The van der Waals surface area contributed by atoms with Gasteiger partial charge in [-0.3, -0.25) is 9.63 Å². The Hall–Kier alpha value is -3.83. The van der Waals surface area contributed by atoms with E-state index in [0.717, 1.165) is 22.3 Å². The van der Waals surface area contributed by atoms with E-state index < -0.39 is 30.1 Å². The summed E-state index contributed by atoms with van der Waals surface area (Å²) in [6.07, 6.45) is -2.01. The second-order valence-electron chi connectivity index (χ2n) is 7.22. The summed E-state index contributed by atoms with van der Waals surface area (Å²) in [5.74, 6) is 3.29. The van der Waals surface area contributed by atoms with Gasteiger partial charge in [0.25, 0.3) is 5.91 Å². The lowest BCUT2D eigenvalue weighted by atomic mass is 9.98. The molecule has 2 atom stereocenters. The van der Waals surface area contributed by atoms with E-state index in [1.807, 2.05) is 54.0 Å². The van der Waals surface area contributed by atoms with Crippen LogP contribution < -0.4 is 10.8 Å². The SMILES string of the molecule is CC#CCC(NC(=O)OCC1c2ccccc2-c2ccccc21)C(=O)NOC(C)C(=O)O. The number of ether oxygens (including phenoxy) is 1. The number of amides is 2. The van der Waals surface area contributed by atoms with Crippen molar-refractivity contribution in [1.29, 1.82) is 0 Å². The predicted octanol–water partition coefficient (Wildman–Crippen LogP) is 2.83.